The van der Waals surface area contributed by atoms with Gasteiger partial charge in [0.05, 0.1) is 16.8 Å². The van der Waals surface area contributed by atoms with E-state index in [4.69, 9.17) is 0 Å². The number of unbranched alkanes of at least 4 members (excludes halogenated alkanes) is 1. The second-order valence-electron chi connectivity index (χ2n) is 11.1. The van der Waals surface area contributed by atoms with Crippen molar-refractivity contribution in [2.24, 2.45) is 5.41 Å². The van der Waals surface area contributed by atoms with Crippen molar-refractivity contribution in [3.8, 4) is 0 Å². The number of hydrogen-bond donors (Lipinski definition) is 3. The number of pyridine rings is 1. The SMILES string of the molecule is Cc1cc(C(F)(F)F)c(C(=O)Nc2ccc(C[C@H](NC(=O)C3(CCCCS(C)(=O)=O)CCCC3)C(=O)O)cc2)c(C)n1. The molecular formula is C29H36F3N3O6S. The largest absolute Gasteiger partial charge is 0.480 e. The predicted octanol–water partition coefficient (Wildman–Crippen LogP) is 4.86. The zero-order chi connectivity index (χ0) is 31.3. The Hall–Kier alpha value is -3.48. The van der Waals surface area contributed by atoms with Crippen molar-refractivity contribution >= 4 is 33.3 Å². The van der Waals surface area contributed by atoms with Crippen LogP contribution in [0, 0.1) is 19.3 Å². The van der Waals surface area contributed by atoms with Gasteiger partial charge < -0.3 is 15.7 Å². The lowest BCUT2D eigenvalue weighted by atomic mass is 9.80. The minimum atomic E-state index is -4.75. The molecule has 2 aromatic rings. The van der Waals surface area contributed by atoms with E-state index in [-0.39, 0.29) is 35.2 Å². The number of carbonyl (C=O) groups is 3. The Morgan fingerprint density at radius 3 is 2.24 bits per heavy atom. The molecule has 1 atom stereocenters. The molecule has 3 N–H and O–H groups in total. The van der Waals surface area contributed by atoms with Crippen LogP contribution in [0.1, 0.15) is 77.8 Å². The molecule has 3 rings (SSSR count). The maximum Gasteiger partial charge on any atom is 0.417 e. The molecule has 2 amide bonds. The normalized spacial score (nSPS) is 15.7. The van der Waals surface area contributed by atoms with Crippen LogP contribution in [0.25, 0.3) is 0 Å². The number of carboxylic acids is 1. The fraction of sp³-hybridized carbons (Fsp3) is 0.517. The van der Waals surface area contributed by atoms with Gasteiger partial charge in [0.2, 0.25) is 5.91 Å². The lowest BCUT2D eigenvalue weighted by molar-refractivity contribution is -0.144. The summed E-state index contributed by atoms with van der Waals surface area (Å²) in [6.07, 6.45) is 0.646. The van der Waals surface area contributed by atoms with Crippen molar-refractivity contribution in [3.63, 3.8) is 0 Å². The van der Waals surface area contributed by atoms with Crippen molar-refractivity contribution in [1.29, 1.82) is 0 Å². The first-order valence-electron chi connectivity index (χ1n) is 13.7. The van der Waals surface area contributed by atoms with Gasteiger partial charge in [0.1, 0.15) is 15.9 Å². The highest BCUT2D eigenvalue weighted by Crippen LogP contribution is 2.43. The van der Waals surface area contributed by atoms with Crippen LogP contribution >= 0.6 is 0 Å². The van der Waals surface area contributed by atoms with Gasteiger partial charge >= 0.3 is 12.1 Å². The third-order valence-electron chi connectivity index (χ3n) is 7.58. The molecule has 42 heavy (non-hydrogen) atoms. The predicted molar refractivity (Wildman–Crippen MR) is 151 cm³/mol. The monoisotopic (exact) mass is 611 g/mol. The first kappa shape index (κ1) is 33.0. The number of carbonyl (C=O) groups excluding carboxylic acids is 2. The number of nitrogens with zero attached hydrogens (tertiary/aromatic N) is 1. The Kier molecular flexibility index (Phi) is 10.4. The molecule has 1 aromatic carbocycles. The summed E-state index contributed by atoms with van der Waals surface area (Å²) in [5, 5.41) is 14.9. The first-order valence-corrected chi connectivity index (χ1v) is 15.7. The van der Waals surface area contributed by atoms with E-state index in [2.05, 4.69) is 15.6 Å². The third kappa shape index (κ3) is 8.76. The molecule has 1 aliphatic carbocycles. The average molecular weight is 612 g/mol. The van der Waals surface area contributed by atoms with Crippen molar-refractivity contribution in [2.75, 3.05) is 17.3 Å². The summed E-state index contributed by atoms with van der Waals surface area (Å²) >= 11 is 0. The van der Waals surface area contributed by atoms with Gasteiger partial charge in [-0.2, -0.15) is 13.2 Å². The van der Waals surface area contributed by atoms with Crippen LogP contribution in [0.5, 0.6) is 0 Å². The van der Waals surface area contributed by atoms with Crippen LogP contribution in [0.2, 0.25) is 0 Å². The first-order chi connectivity index (χ1) is 19.5. The molecule has 1 aromatic heterocycles. The molecule has 0 bridgehead atoms. The van der Waals surface area contributed by atoms with Gasteiger partial charge in [0.25, 0.3) is 5.91 Å². The van der Waals surface area contributed by atoms with Crippen molar-refractivity contribution in [1.82, 2.24) is 10.3 Å². The third-order valence-corrected chi connectivity index (χ3v) is 8.61. The van der Waals surface area contributed by atoms with Crippen LogP contribution < -0.4 is 10.6 Å². The number of hydrogen-bond acceptors (Lipinski definition) is 6. The quantitative estimate of drug-likeness (QED) is 0.291. The number of aryl methyl sites for hydroxylation is 2. The number of carboxylic acid groups (broad SMARTS) is 1. The molecule has 230 valence electrons. The Bertz CT molecular complexity index is 1420. The van der Waals surface area contributed by atoms with E-state index < -0.39 is 50.5 Å². The zero-order valence-electron chi connectivity index (χ0n) is 23.8. The van der Waals surface area contributed by atoms with Gasteiger partial charge in [-0.05, 0) is 63.3 Å². The van der Waals surface area contributed by atoms with Crippen molar-refractivity contribution in [3.05, 3.63) is 58.4 Å². The number of sulfone groups is 1. The number of halogens is 3. The highest BCUT2D eigenvalue weighted by molar-refractivity contribution is 7.90. The standard InChI is InChI=1S/C29H36F3N3O6S/c1-18-16-22(29(30,31)32)24(19(2)33-18)25(36)34-21-10-8-20(9-11-21)17-23(26(37)38)35-27(39)28(12-4-5-13-28)14-6-7-15-42(3,40)41/h8-11,16,23H,4-7,12-15,17H2,1-3H3,(H,34,36)(H,35,39)(H,37,38)/t23-/m0/s1. The van der Waals surface area contributed by atoms with Gasteiger partial charge in [0.15, 0.2) is 0 Å². The second-order valence-corrected chi connectivity index (χ2v) is 13.3. The summed E-state index contributed by atoms with van der Waals surface area (Å²) in [6.45, 7) is 2.73. The molecule has 0 radical (unpaired) electrons. The van der Waals surface area contributed by atoms with Gasteiger partial charge in [-0.3, -0.25) is 14.6 Å². The van der Waals surface area contributed by atoms with E-state index in [1.165, 1.54) is 38.1 Å². The Balaban J connectivity index is 1.68. The maximum absolute atomic E-state index is 13.6. The summed E-state index contributed by atoms with van der Waals surface area (Å²) in [5.74, 6) is -2.54. The van der Waals surface area contributed by atoms with E-state index in [9.17, 15) is 41.1 Å². The number of aromatic nitrogens is 1. The zero-order valence-corrected chi connectivity index (χ0v) is 24.6. The summed E-state index contributed by atoms with van der Waals surface area (Å²) in [7, 11) is -3.11. The summed E-state index contributed by atoms with van der Waals surface area (Å²) in [4.78, 5) is 42.1. The molecule has 1 fully saturated rings. The molecule has 13 heteroatoms. The number of benzene rings is 1. The fourth-order valence-corrected chi connectivity index (χ4v) is 6.20. The van der Waals surface area contributed by atoms with E-state index in [0.29, 0.717) is 37.7 Å². The smallest absolute Gasteiger partial charge is 0.417 e. The molecule has 1 aliphatic rings. The van der Waals surface area contributed by atoms with Gasteiger partial charge in [-0.25, -0.2) is 13.2 Å². The Morgan fingerprint density at radius 2 is 1.69 bits per heavy atom. The minimum Gasteiger partial charge on any atom is -0.480 e. The van der Waals surface area contributed by atoms with Crippen LogP contribution in [-0.2, 0) is 32.0 Å². The number of amides is 2. The van der Waals surface area contributed by atoms with Gasteiger partial charge in [0, 0.05) is 35.2 Å². The van der Waals surface area contributed by atoms with Crippen molar-refractivity contribution < 1.29 is 41.1 Å². The van der Waals surface area contributed by atoms with Crippen molar-refractivity contribution in [2.45, 2.75) is 77.4 Å². The van der Waals surface area contributed by atoms with Crippen LogP contribution in [0.4, 0.5) is 18.9 Å². The molecule has 0 saturated heterocycles. The molecule has 0 aliphatic heterocycles. The van der Waals surface area contributed by atoms with Gasteiger partial charge in [-0.1, -0.05) is 31.4 Å². The summed E-state index contributed by atoms with van der Waals surface area (Å²) in [5.41, 5.74) is -1.61. The molecule has 1 saturated carbocycles. The molecular weight excluding hydrogens is 575 g/mol. The van der Waals surface area contributed by atoms with Crippen LogP contribution in [0.15, 0.2) is 30.3 Å². The van der Waals surface area contributed by atoms with E-state index >= 15 is 0 Å². The van der Waals surface area contributed by atoms with Crippen LogP contribution in [0.3, 0.4) is 0 Å². The number of rotatable bonds is 12. The van der Waals surface area contributed by atoms with E-state index in [1.807, 2.05) is 0 Å². The maximum atomic E-state index is 13.6. The highest BCUT2D eigenvalue weighted by atomic mass is 32.2. The molecule has 9 nitrogen and oxygen atoms in total. The topological polar surface area (TPSA) is 143 Å². The highest BCUT2D eigenvalue weighted by Gasteiger charge is 2.42. The number of alkyl halides is 3. The molecule has 0 spiro atoms. The molecule has 1 heterocycles. The van der Waals surface area contributed by atoms with E-state index in [0.717, 1.165) is 25.2 Å². The minimum absolute atomic E-state index is 0.0317. The average Bonchev–Trinajstić information content (AvgIpc) is 3.36. The fourth-order valence-electron chi connectivity index (χ4n) is 5.47. The summed E-state index contributed by atoms with van der Waals surface area (Å²) in [6, 6.07) is 5.52. The number of nitrogens with one attached hydrogen (secondary N) is 2. The summed E-state index contributed by atoms with van der Waals surface area (Å²) < 4.78 is 63.6. The lowest BCUT2D eigenvalue weighted by Gasteiger charge is -2.29. The Morgan fingerprint density at radius 1 is 1.07 bits per heavy atom. The number of anilines is 1. The second kappa shape index (κ2) is 13.2. The van der Waals surface area contributed by atoms with E-state index in [1.54, 1.807) is 0 Å². The number of aliphatic carboxylic acids is 1. The lowest BCUT2D eigenvalue weighted by Crippen LogP contribution is -2.48. The van der Waals surface area contributed by atoms with Gasteiger partial charge in [-0.15, -0.1) is 0 Å². The van der Waals surface area contributed by atoms with Crippen LogP contribution in [-0.4, -0.2) is 54.3 Å². The Labute approximate surface area is 243 Å². The molecule has 0 unspecified atom stereocenters.